The number of aromatic hydroxyl groups is 2. The van der Waals surface area contributed by atoms with Crippen molar-refractivity contribution in [2.45, 2.75) is 19.4 Å². The van der Waals surface area contributed by atoms with Crippen LogP contribution >= 0.6 is 0 Å². The Morgan fingerprint density at radius 1 is 1.11 bits per heavy atom. The number of unbranched alkanes of at least 4 members (excludes halogenated alkanes) is 1. The monoisotopic (exact) mass is 269 g/mol. The summed E-state index contributed by atoms with van der Waals surface area (Å²) in [7, 11) is 1.66. The Kier molecular flexibility index (Phi) is 7.97. The van der Waals surface area contributed by atoms with E-state index < -0.39 is 0 Å². The van der Waals surface area contributed by atoms with Crippen molar-refractivity contribution in [3.8, 4) is 11.5 Å². The van der Waals surface area contributed by atoms with E-state index in [1.54, 1.807) is 19.2 Å². The summed E-state index contributed by atoms with van der Waals surface area (Å²) < 4.78 is 10.2. The molecule has 5 heteroatoms. The van der Waals surface area contributed by atoms with Crippen LogP contribution in [0.3, 0.4) is 0 Å². The van der Waals surface area contributed by atoms with Crippen LogP contribution in [0, 0.1) is 0 Å². The zero-order valence-corrected chi connectivity index (χ0v) is 11.4. The summed E-state index contributed by atoms with van der Waals surface area (Å²) in [6, 6.07) is 4.63. The number of rotatable bonds is 10. The van der Waals surface area contributed by atoms with Gasteiger partial charge in [0.05, 0.1) is 13.2 Å². The predicted molar refractivity (Wildman–Crippen MR) is 73.4 cm³/mol. The fraction of sp³-hybridized carbons (Fsp3) is 0.571. The third-order valence-corrected chi connectivity index (χ3v) is 2.71. The lowest BCUT2D eigenvalue weighted by Gasteiger charge is -2.07. The molecule has 1 aromatic carbocycles. The van der Waals surface area contributed by atoms with Gasteiger partial charge in [0.2, 0.25) is 0 Å². The smallest absolute Gasteiger partial charge is 0.123 e. The van der Waals surface area contributed by atoms with Crippen molar-refractivity contribution in [1.29, 1.82) is 0 Å². The molecule has 0 spiro atoms. The molecule has 19 heavy (non-hydrogen) atoms. The summed E-state index contributed by atoms with van der Waals surface area (Å²) in [6.45, 7) is 3.49. The molecule has 0 fully saturated rings. The molecule has 5 nitrogen and oxygen atoms in total. The molecule has 0 unspecified atom stereocenters. The molecule has 3 N–H and O–H groups in total. The highest BCUT2D eigenvalue weighted by molar-refractivity contribution is 5.38. The van der Waals surface area contributed by atoms with Crippen molar-refractivity contribution < 1.29 is 19.7 Å². The molecule has 0 atom stereocenters. The molecule has 0 aliphatic carbocycles. The molecule has 1 rings (SSSR count). The van der Waals surface area contributed by atoms with Crippen molar-refractivity contribution in [3.63, 3.8) is 0 Å². The van der Waals surface area contributed by atoms with Crippen LogP contribution in [0.25, 0.3) is 0 Å². The highest BCUT2D eigenvalue weighted by Gasteiger charge is 2.01. The van der Waals surface area contributed by atoms with Crippen molar-refractivity contribution >= 4 is 0 Å². The topological polar surface area (TPSA) is 71.0 Å². The first-order valence-corrected chi connectivity index (χ1v) is 6.52. The number of hydrogen-bond acceptors (Lipinski definition) is 5. The van der Waals surface area contributed by atoms with E-state index in [1.807, 2.05) is 0 Å². The van der Waals surface area contributed by atoms with Crippen LogP contribution in [0.5, 0.6) is 11.5 Å². The van der Waals surface area contributed by atoms with Gasteiger partial charge in [-0.2, -0.15) is 0 Å². The molecule has 108 valence electrons. The van der Waals surface area contributed by atoms with E-state index in [2.05, 4.69) is 5.32 Å². The third kappa shape index (κ3) is 7.00. The normalized spacial score (nSPS) is 10.8. The van der Waals surface area contributed by atoms with Crippen molar-refractivity contribution in [3.05, 3.63) is 23.8 Å². The van der Waals surface area contributed by atoms with E-state index in [-0.39, 0.29) is 11.5 Å². The molecular formula is C14H23NO4. The lowest BCUT2D eigenvalue weighted by atomic mass is 10.2. The summed E-state index contributed by atoms with van der Waals surface area (Å²) in [5.74, 6) is 0.199. The molecule has 0 aromatic heterocycles. The van der Waals surface area contributed by atoms with Crippen LogP contribution < -0.4 is 5.32 Å². The minimum atomic E-state index is 0.0782. The molecule has 0 aliphatic rings. The Labute approximate surface area is 114 Å². The summed E-state index contributed by atoms with van der Waals surface area (Å²) in [5.41, 5.74) is 0.786. The second kappa shape index (κ2) is 9.61. The fourth-order valence-electron chi connectivity index (χ4n) is 1.62. The van der Waals surface area contributed by atoms with Crippen LogP contribution in [0.2, 0.25) is 0 Å². The van der Waals surface area contributed by atoms with Crippen LogP contribution in [0.4, 0.5) is 0 Å². The van der Waals surface area contributed by atoms with Gasteiger partial charge in [-0.25, -0.2) is 0 Å². The van der Waals surface area contributed by atoms with Crippen molar-refractivity contribution in [2.75, 3.05) is 33.5 Å². The van der Waals surface area contributed by atoms with Crippen LogP contribution in [0.1, 0.15) is 18.4 Å². The lowest BCUT2D eigenvalue weighted by Crippen LogP contribution is -2.15. The zero-order chi connectivity index (χ0) is 13.9. The number of benzene rings is 1. The number of ether oxygens (including phenoxy) is 2. The molecule has 0 amide bonds. The average molecular weight is 269 g/mol. The highest BCUT2D eigenvalue weighted by Crippen LogP contribution is 2.22. The maximum Gasteiger partial charge on any atom is 0.123 e. The lowest BCUT2D eigenvalue weighted by molar-refractivity contribution is 0.0688. The van der Waals surface area contributed by atoms with E-state index in [0.717, 1.165) is 31.6 Å². The standard InChI is InChI=1S/C14H23NO4/c1-18-8-9-19-7-3-2-6-15-11-12-4-5-13(16)10-14(12)17/h4-5,10,15-17H,2-3,6-9,11H2,1H3. The van der Waals surface area contributed by atoms with E-state index >= 15 is 0 Å². The van der Waals surface area contributed by atoms with Gasteiger partial charge in [-0.15, -0.1) is 0 Å². The van der Waals surface area contributed by atoms with E-state index in [0.29, 0.717) is 19.8 Å². The van der Waals surface area contributed by atoms with E-state index in [9.17, 15) is 5.11 Å². The van der Waals surface area contributed by atoms with Gasteiger partial charge in [0.15, 0.2) is 0 Å². The van der Waals surface area contributed by atoms with Crippen LogP contribution in [0.15, 0.2) is 18.2 Å². The summed E-state index contributed by atoms with van der Waals surface area (Å²) >= 11 is 0. The van der Waals surface area contributed by atoms with Gasteiger partial charge in [0, 0.05) is 31.9 Å². The van der Waals surface area contributed by atoms with Crippen LogP contribution in [-0.2, 0) is 16.0 Å². The third-order valence-electron chi connectivity index (χ3n) is 2.71. The largest absolute Gasteiger partial charge is 0.508 e. The van der Waals surface area contributed by atoms with Gasteiger partial charge < -0.3 is 25.0 Å². The van der Waals surface area contributed by atoms with Gasteiger partial charge >= 0.3 is 0 Å². The summed E-state index contributed by atoms with van der Waals surface area (Å²) in [5, 5.41) is 22.0. The van der Waals surface area contributed by atoms with Gasteiger partial charge in [0.1, 0.15) is 11.5 Å². The number of phenols is 2. The van der Waals surface area contributed by atoms with E-state index in [4.69, 9.17) is 14.6 Å². The molecule has 0 saturated heterocycles. The fourth-order valence-corrected chi connectivity index (χ4v) is 1.62. The quantitative estimate of drug-likeness (QED) is 0.563. The first-order chi connectivity index (χ1) is 9.24. The SMILES string of the molecule is COCCOCCCCNCc1ccc(O)cc1O. The van der Waals surface area contributed by atoms with Gasteiger partial charge in [-0.05, 0) is 25.5 Å². The number of hydrogen-bond donors (Lipinski definition) is 3. The molecule has 0 saturated carbocycles. The first-order valence-electron chi connectivity index (χ1n) is 6.52. The van der Waals surface area contributed by atoms with Gasteiger partial charge in [0.25, 0.3) is 0 Å². The minimum Gasteiger partial charge on any atom is -0.508 e. The number of phenolic OH excluding ortho intramolecular Hbond substituents is 2. The Morgan fingerprint density at radius 2 is 1.95 bits per heavy atom. The number of nitrogens with one attached hydrogen (secondary N) is 1. The van der Waals surface area contributed by atoms with Crippen LogP contribution in [-0.4, -0.2) is 43.7 Å². The average Bonchev–Trinajstić information content (AvgIpc) is 2.39. The van der Waals surface area contributed by atoms with Gasteiger partial charge in [-0.1, -0.05) is 6.07 Å². The molecule has 0 radical (unpaired) electrons. The van der Waals surface area contributed by atoms with Crippen molar-refractivity contribution in [1.82, 2.24) is 5.32 Å². The number of methoxy groups -OCH3 is 1. The Hall–Kier alpha value is -1.30. The highest BCUT2D eigenvalue weighted by atomic mass is 16.5. The Bertz CT molecular complexity index is 357. The molecule has 0 aliphatic heterocycles. The molecule has 0 bridgehead atoms. The molecular weight excluding hydrogens is 246 g/mol. The van der Waals surface area contributed by atoms with Crippen molar-refractivity contribution in [2.24, 2.45) is 0 Å². The Morgan fingerprint density at radius 3 is 2.68 bits per heavy atom. The van der Waals surface area contributed by atoms with E-state index in [1.165, 1.54) is 6.07 Å². The Balaban J connectivity index is 2.01. The second-order valence-electron chi connectivity index (χ2n) is 4.30. The molecule has 1 aromatic rings. The van der Waals surface area contributed by atoms with Gasteiger partial charge in [-0.3, -0.25) is 0 Å². The maximum absolute atomic E-state index is 9.58. The summed E-state index contributed by atoms with van der Waals surface area (Å²) in [4.78, 5) is 0. The molecule has 0 heterocycles. The predicted octanol–water partition coefficient (Wildman–Crippen LogP) is 1.63. The maximum atomic E-state index is 9.58. The second-order valence-corrected chi connectivity index (χ2v) is 4.30. The minimum absolute atomic E-state index is 0.0782. The first kappa shape index (κ1) is 15.8. The zero-order valence-electron chi connectivity index (χ0n) is 11.4. The summed E-state index contributed by atoms with van der Waals surface area (Å²) in [6.07, 6.45) is 2.02.